The number of nitrogens with zero attached hydrogens (tertiary/aromatic N) is 3. The Balaban J connectivity index is 1.47. The van der Waals surface area contributed by atoms with E-state index in [9.17, 15) is 8.78 Å². The van der Waals surface area contributed by atoms with Gasteiger partial charge >= 0.3 is 0 Å². The van der Waals surface area contributed by atoms with Crippen molar-refractivity contribution in [1.82, 2.24) is 14.5 Å². The summed E-state index contributed by atoms with van der Waals surface area (Å²) in [6.45, 7) is 0.496. The van der Waals surface area contributed by atoms with Crippen molar-refractivity contribution in [2.24, 2.45) is 0 Å². The summed E-state index contributed by atoms with van der Waals surface area (Å²) in [7, 11) is 0. The standard InChI is InChI=1S/C25H20ClF2N3O/c26-21-2-1-3-22(28)20(21)15-32-14-19-8-9-23-30-24(16-4-6-18(27)7-5-16)25(31(19)23)17-10-12-29-13-11-17/h1-7,10-13,19H,8-9,14-15H2. The molecule has 32 heavy (non-hydrogen) atoms. The third kappa shape index (κ3) is 3.92. The molecule has 2 aromatic carbocycles. The number of halogens is 3. The van der Waals surface area contributed by atoms with Gasteiger partial charge < -0.3 is 9.30 Å². The molecule has 4 nitrogen and oxygen atoms in total. The number of pyridine rings is 1. The van der Waals surface area contributed by atoms with Crippen LogP contribution in [0, 0.1) is 11.6 Å². The van der Waals surface area contributed by atoms with Gasteiger partial charge in [-0.3, -0.25) is 4.98 Å². The van der Waals surface area contributed by atoms with Gasteiger partial charge in [0.05, 0.1) is 30.6 Å². The number of imidazole rings is 1. The number of fused-ring (bicyclic) bond motifs is 1. The minimum atomic E-state index is -0.372. The Kier molecular flexibility index (Phi) is 5.72. The maximum Gasteiger partial charge on any atom is 0.130 e. The van der Waals surface area contributed by atoms with Crippen LogP contribution in [0.25, 0.3) is 22.5 Å². The van der Waals surface area contributed by atoms with Crippen LogP contribution < -0.4 is 0 Å². The zero-order valence-electron chi connectivity index (χ0n) is 17.1. The molecule has 2 aromatic heterocycles. The number of rotatable bonds is 6. The van der Waals surface area contributed by atoms with Crippen LogP contribution in [0.2, 0.25) is 5.02 Å². The summed E-state index contributed by atoms with van der Waals surface area (Å²) in [4.78, 5) is 9.02. The van der Waals surface area contributed by atoms with E-state index >= 15 is 0 Å². The topological polar surface area (TPSA) is 39.9 Å². The van der Waals surface area contributed by atoms with Crippen molar-refractivity contribution >= 4 is 11.6 Å². The monoisotopic (exact) mass is 451 g/mol. The van der Waals surface area contributed by atoms with Gasteiger partial charge in [-0.15, -0.1) is 0 Å². The predicted octanol–water partition coefficient (Wildman–Crippen LogP) is 6.25. The Hall–Kier alpha value is -3.09. The van der Waals surface area contributed by atoms with E-state index in [4.69, 9.17) is 21.3 Å². The molecular formula is C25H20ClF2N3O. The van der Waals surface area contributed by atoms with Gasteiger partial charge in [-0.1, -0.05) is 17.7 Å². The molecule has 1 unspecified atom stereocenters. The van der Waals surface area contributed by atoms with Crippen LogP contribution in [-0.2, 0) is 17.8 Å². The second kappa shape index (κ2) is 8.81. The lowest BCUT2D eigenvalue weighted by Gasteiger charge is -2.18. The second-order valence-electron chi connectivity index (χ2n) is 7.75. The van der Waals surface area contributed by atoms with Gasteiger partial charge in [0.25, 0.3) is 0 Å². The van der Waals surface area contributed by atoms with Gasteiger partial charge in [-0.2, -0.15) is 0 Å². The van der Waals surface area contributed by atoms with Crippen molar-refractivity contribution in [1.29, 1.82) is 0 Å². The maximum absolute atomic E-state index is 14.1. The van der Waals surface area contributed by atoms with Crippen molar-refractivity contribution in [3.05, 3.63) is 95.0 Å². The third-order valence-electron chi connectivity index (χ3n) is 5.74. The summed E-state index contributed by atoms with van der Waals surface area (Å²) in [5, 5.41) is 0.357. The van der Waals surface area contributed by atoms with Gasteiger partial charge in [-0.25, -0.2) is 13.8 Å². The van der Waals surface area contributed by atoms with E-state index < -0.39 is 0 Å². The lowest BCUT2D eigenvalue weighted by atomic mass is 10.0. The molecule has 3 heterocycles. The highest BCUT2D eigenvalue weighted by Crippen LogP contribution is 2.39. The summed E-state index contributed by atoms with van der Waals surface area (Å²) in [6, 6.07) is 14.9. The lowest BCUT2D eigenvalue weighted by molar-refractivity contribution is 0.0906. The van der Waals surface area contributed by atoms with E-state index in [1.165, 1.54) is 18.2 Å². The molecule has 1 aliphatic rings. The summed E-state index contributed by atoms with van der Waals surface area (Å²) >= 11 is 6.13. The molecule has 1 atom stereocenters. The zero-order valence-corrected chi connectivity index (χ0v) is 17.9. The van der Waals surface area contributed by atoms with E-state index in [0.717, 1.165) is 41.2 Å². The fourth-order valence-corrected chi connectivity index (χ4v) is 4.41. The van der Waals surface area contributed by atoms with Crippen LogP contribution in [0.3, 0.4) is 0 Å². The molecule has 162 valence electrons. The molecule has 0 aliphatic carbocycles. The van der Waals surface area contributed by atoms with Crippen molar-refractivity contribution in [3.63, 3.8) is 0 Å². The number of aromatic nitrogens is 3. The Labute approximate surface area is 189 Å². The normalized spacial score (nSPS) is 15.2. The first-order valence-corrected chi connectivity index (χ1v) is 10.8. The van der Waals surface area contributed by atoms with Crippen molar-refractivity contribution in [2.45, 2.75) is 25.5 Å². The van der Waals surface area contributed by atoms with Crippen molar-refractivity contribution < 1.29 is 13.5 Å². The molecule has 0 bridgehead atoms. The largest absolute Gasteiger partial charge is 0.374 e. The van der Waals surface area contributed by atoms with Crippen LogP contribution in [-0.4, -0.2) is 21.1 Å². The Morgan fingerprint density at radius 3 is 2.53 bits per heavy atom. The quantitative estimate of drug-likeness (QED) is 0.348. The molecule has 5 rings (SSSR count). The first-order chi connectivity index (χ1) is 15.6. The van der Waals surface area contributed by atoms with E-state index in [-0.39, 0.29) is 24.3 Å². The van der Waals surface area contributed by atoms with E-state index in [1.807, 2.05) is 12.1 Å². The molecule has 0 saturated carbocycles. The molecule has 4 aromatic rings. The molecule has 1 aliphatic heterocycles. The van der Waals surface area contributed by atoms with Gasteiger partial charge in [-0.05, 0) is 55.0 Å². The Bertz CT molecular complexity index is 1220. The van der Waals surface area contributed by atoms with Crippen LogP contribution in [0.15, 0.2) is 67.0 Å². The molecule has 7 heteroatoms. The maximum atomic E-state index is 14.1. The zero-order chi connectivity index (χ0) is 22.1. The van der Waals surface area contributed by atoms with E-state index in [2.05, 4.69) is 9.55 Å². The average molecular weight is 452 g/mol. The molecular weight excluding hydrogens is 432 g/mol. The third-order valence-corrected chi connectivity index (χ3v) is 6.09. The number of aryl methyl sites for hydroxylation is 1. The molecule has 0 N–H and O–H groups in total. The number of hydrogen-bond donors (Lipinski definition) is 0. The van der Waals surface area contributed by atoms with Crippen LogP contribution >= 0.6 is 11.6 Å². The van der Waals surface area contributed by atoms with Crippen LogP contribution in [0.5, 0.6) is 0 Å². The van der Waals surface area contributed by atoms with Gasteiger partial charge in [0.15, 0.2) is 0 Å². The number of hydrogen-bond acceptors (Lipinski definition) is 3. The van der Waals surface area contributed by atoms with E-state index in [0.29, 0.717) is 17.2 Å². The number of benzene rings is 2. The fraction of sp³-hybridized carbons (Fsp3) is 0.200. The number of ether oxygens (including phenoxy) is 1. The summed E-state index contributed by atoms with van der Waals surface area (Å²) in [5.74, 6) is 0.293. The highest BCUT2D eigenvalue weighted by Gasteiger charge is 2.30. The predicted molar refractivity (Wildman–Crippen MR) is 119 cm³/mol. The van der Waals surface area contributed by atoms with Crippen LogP contribution in [0.1, 0.15) is 23.9 Å². The van der Waals surface area contributed by atoms with Gasteiger partial charge in [0.2, 0.25) is 0 Å². The van der Waals surface area contributed by atoms with Gasteiger partial charge in [0, 0.05) is 40.5 Å². The van der Waals surface area contributed by atoms with Gasteiger partial charge in [0.1, 0.15) is 17.5 Å². The average Bonchev–Trinajstić information content (AvgIpc) is 3.37. The molecule has 0 amide bonds. The van der Waals surface area contributed by atoms with Crippen LogP contribution in [0.4, 0.5) is 8.78 Å². The van der Waals surface area contributed by atoms with E-state index in [1.54, 1.807) is 36.7 Å². The summed E-state index contributed by atoms with van der Waals surface area (Å²) in [6.07, 6.45) is 5.15. The summed E-state index contributed by atoms with van der Waals surface area (Å²) < 4.78 is 35.7. The first-order valence-electron chi connectivity index (χ1n) is 10.4. The minimum Gasteiger partial charge on any atom is -0.374 e. The molecule has 0 saturated heterocycles. The second-order valence-corrected chi connectivity index (χ2v) is 8.15. The van der Waals surface area contributed by atoms with Crippen molar-refractivity contribution in [2.75, 3.05) is 6.61 Å². The fourth-order valence-electron chi connectivity index (χ4n) is 4.19. The highest BCUT2D eigenvalue weighted by molar-refractivity contribution is 6.31. The van der Waals surface area contributed by atoms with Crippen molar-refractivity contribution in [3.8, 4) is 22.5 Å². The first kappa shape index (κ1) is 20.8. The Morgan fingerprint density at radius 1 is 1.00 bits per heavy atom. The Morgan fingerprint density at radius 2 is 1.78 bits per heavy atom. The molecule has 0 fully saturated rings. The molecule has 0 radical (unpaired) electrons. The highest BCUT2D eigenvalue weighted by atomic mass is 35.5. The summed E-state index contributed by atoms with van der Waals surface area (Å²) in [5.41, 5.74) is 3.93. The SMILES string of the molecule is Fc1ccc(-c2nc3n(c2-c2ccncc2)C(COCc2c(F)cccc2Cl)CC3)cc1. The minimum absolute atomic E-state index is 0.0420. The smallest absolute Gasteiger partial charge is 0.130 e. The molecule has 0 spiro atoms. The lowest BCUT2D eigenvalue weighted by Crippen LogP contribution is -2.13.